The van der Waals surface area contributed by atoms with Crippen molar-refractivity contribution in [2.75, 3.05) is 19.1 Å². The van der Waals surface area contributed by atoms with Crippen LogP contribution in [-0.4, -0.2) is 43.3 Å². The van der Waals surface area contributed by atoms with Crippen molar-refractivity contribution in [2.24, 2.45) is 4.99 Å². The zero-order valence-corrected chi connectivity index (χ0v) is 21.5. The maximum atomic E-state index is 13.9. The molecule has 0 aromatic heterocycles. The van der Waals surface area contributed by atoms with Gasteiger partial charge in [0.2, 0.25) is 0 Å². The fraction of sp³-hybridized carbons (Fsp3) is 0.267. The molecule has 0 N–H and O–H groups in total. The molecule has 0 saturated carbocycles. The number of methoxy groups -OCH3 is 2. The first kappa shape index (κ1) is 24.4. The quantitative estimate of drug-likeness (QED) is 0.463. The highest BCUT2D eigenvalue weighted by atomic mass is 16.5. The molecule has 0 aliphatic carbocycles. The van der Waals surface area contributed by atoms with Crippen LogP contribution < -0.4 is 4.90 Å². The summed E-state index contributed by atoms with van der Waals surface area (Å²) in [5.41, 5.74) is 3.84. The van der Waals surface area contributed by atoms with Gasteiger partial charge in [-0.15, -0.1) is 0 Å². The second kappa shape index (κ2) is 8.69. The fourth-order valence-corrected chi connectivity index (χ4v) is 5.81. The third-order valence-electron chi connectivity index (χ3n) is 7.32. The van der Waals surface area contributed by atoms with Crippen molar-refractivity contribution in [3.05, 3.63) is 94.5 Å². The van der Waals surface area contributed by atoms with Crippen molar-refractivity contribution in [3.8, 4) is 0 Å². The predicted octanol–water partition coefficient (Wildman–Crippen LogP) is 5.22. The maximum absolute atomic E-state index is 13.9. The SMILES string of the molecule is COC(=O)c1cc(N=C2C(=O)N3c4c2cccc4[C@](C)(c2ccccc2)CC3(C)C)cc(C(=O)OC)c1. The van der Waals surface area contributed by atoms with Crippen LogP contribution in [0.4, 0.5) is 11.4 Å². The van der Waals surface area contributed by atoms with Crippen molar-refractivity contribution in [3.63, 3.8) is 0 Å². The highest BCUT2D eigenvalue weighted by molar-refractivity contribution is 6.55. The van der Waals surface area contributed by atoms with E-state index in [1.807, 2.05) is 35.2 Å². The van der Waals surface area contributed by atoms with Crippen LogP contribution in [-0.2, 0) is 19.7 Å². The van der Waals surface area contributed by atoms with Gasteiger partial charge < -0.3 is 14.4 Å². The molecule has 1 amide bonds. The summed E-state index contributed by atoms with van der Waals surface area (Å²) in [6.07, 6.45) is 0.726. The number of ether oxygens (including phenoxy) is 2. The highest BCUT2D eigenvalue weighted by Crippen LogP contribution is 2.54. The number of carbonyl (C=O) groups is 3. The van der Waals surface area contributed by atoms with Crippen LogP contribution in [0.1, 0.15) is 64.6 Å². The lowest BCUT2D eigenvalue weighted by Gasteiger charge is -2.49. The molecule has 0 unspecified atom stereocenters. The lowest BCUT2D eigenvalue weighted by molar-refractivity contribution is -0.113. The summed E-state index contributed by atoms with van der Waals surface area (Å²) in [4.78, 5) is 45.0. The molecule has 0 radical (unpaired) electrons. The molecule has 0 fully saturated rings. The molecule has 3 aromatic rings. The van der Waals surface area contributed by atoms with Crippen molar-refractivity contribution in [2.45, 2.75) is 38.1 Å². The molecule has 5 rings (SSSR count). The number of aliphatic imine (C=N–C) groups is 1. The molecular formula is C30H28N2O5. The van der Waals surface area contributed by atoms with E-state index >= 15 is 0 Å². The first-order chi connectivity index (χ1) is 17.6. The van der Waals surface area contributed by atoms with Crippen molar-refractivity contribution >= 4 is 34.9 Å². The molecule has 7 nitrogen and oxygen atoms in total. The number of hydrogen-bond acceptors (Lipinski definition) is 6. The number of para-hydroxylation sites is 1. The van der Waals surface area contributed by atoms with E-state index in [4.69, 9.17) is 14.5 Å². The average Bonchev–Trinajstić information content (AvgIpc) is 3.19. The van der Waals surface area contributed by atoms with Gasteiger partial charge in [-0.25, -0.2) is 14.6 Å². The van der Waals surface area contributed by atoms with Crippen LogP contribution in [0.5, 0.6) is 0 Å². The lowest BCUT2D eigenvalue weighted by Crippen LogP contribution is -2.54. The van der Waals surface area contributed by atoms with E-state index in [0.717, 1.165) is 23.2 Å². The largest absolute Gasteiger partial charge is 0.465 e. The molecule has 0 spiro atoms. The third-order valence-corrected chi connectivity index (χ3v) is 7.32. The van der Waals surface area contributed by atoms with Crippen molar-refractivity contribution in [1.29, 1.82) is 0 Å². The van der Waals surface area contributed by atoms with Crippen molar-refractivity contribution < 1.29 is 23.9 Å². The van der Waals surface area contributed by atoms with Gasteiger partial charge in [0, 0.05) is 16.5 Å². The Morgan fingerprint density at radius 1 is 0.865 bits per heavy atom. The Balaban J connectivity index is 1.72. The van der Waals surface area contributed by atoms with E-state index in [9.17, 15) is 14.4 Å². The second-order valence-electron chi connectivity index (χ2n) is 10.2. The molecule has 1 atom stereocenters. The summed E-state index contributed by atoms with van der Waals surface area (Å²) >= 11 is 0. The van der Waals surface area contributed by atoms with E-state index in [-0.39, 0.29) is 33.8 Å². The van der Waals surface area contributed by atoms with E-state index < -0.39 is 17.5 Å². The number of nitrogens with zero attached hydrogens (tertiary/aromatic N) is 2. The molecule has 2 heterocycles. The summed E-state index contributed by atoms with van der Waals surface area (Å²) in [6, 6.07) is 20.7. The molecular weight excluding hydrogens is 468 g/mol. The lowest BCUT2D eigenvalue weighted by atomic mass is 9.65. The van der Waals surface area contributed by atoms with E-state index in [2.05, 4.69) is 39.0 Å². The number of hydrogen-bond donors (Lipinski definition) is 0. The summed E-state index contributed by atoms with van der Waals surface area (Å²) in [5, 5.41) is 0. The number of carbonyl (C=O) groups excluding carboxylic acids is 3. The van der Waals surface area contributed by atoms with Crippen LogP contribution in [0.3, 0.4) is 0 Å². The van der Waals surface area contributed by atoms with E-state index in [1.165, 1.54) is 38.0 Å². The van der Waals surface area contributed by atoms with E-state index in [0.29, 0.717) is 0 Å². The zero-order valence-electron chi connectivity index (χ0n) is 21.5. The fourth-order valence-electron chi connectivity index (χ4n) is 5.81. The summed E-state index contributed by atoms with van der Waals surface area (Å²) < 4.78 is 9.69. The number of anilines is 1. The molecule has 188 valence electrons. The number of amides is 1. The minimum Gasteiger partial charge on any atom is -0.465 e. The Hall–Kier alpha value is -4.26. The van der Waals surface area contributed by atoms with Gasteiger partial charge in [-0.05, 0) is 49.6 Å². The van der Waals surface area contributed by atoms with E-state index in [1.54, 1.807) is 0 Å². The summed E-state index contributed by atoms with van der Waals surface area (Å²) in [5.74, 6) is -1.45. The van der Waals surface area contributed by atoms with Gasteiger partial charge in [0.15, 0.2) is 0 Å². The first-order valence-corrected chi connectivity index (χ1v) is 12.0. The van der Waals surface area contributed by atoms with Gasteiger partial charge in [0.1, 0.15) is 5.71 Å². The van der Waals surface area contributed by atoms with Crippen LogP contribution in [0, 0.1) is 0 Å². The van der Waals surface area contributed by atoms with Gasteiger partial charge >= 0.3 is 11.9 Å². The van der Waals surface area contributed by atoms with Crippen LogP contribution in [0.2, 0.25) is 0 Å². The third kappa shape index (κ3) is 3.82. The number of benzene rings is 3. The standard InChI is InChI=1S/C30H28N2O5/c1-29(2)17-30(3,20-10-7-6-8-11-20)23-13-9-12-22-24(26(33)32(29)25(22)23)31-21-15-18(27(34)36-4)14-19(16-21)28(35)37-5/h6-16H,17H2,1-5H3/t30-/m0/s1. The van der Waals surface area contributed by atoms with Gasteiger partial charge in [-0.3, -0.25) is 4.79 Å². The average molecular weight is 497 g/mol. The van der Waals surface area contributed by atoms with Gasteiger partial charge in [0.25, 0.3) is 5.91 Å². The number of esters is 2. The Morgan fingerprint density at radius 3 is 2.08 bits per heavy atom. The normalized spacial score (nSPS) is 20.5. The van der Waals surface area contributed by atoms with Gasteiger partial charge in [-0.1, -0.05) is 55.5 Å². The van der Waals surface area contributed by atoms with Gasteiger partial charge in [0.05, 0.1) is 36.7 Å². The van der Waals surface area contributed by atoms with Crippen LogP contribution in [0.25, 0.3) is 0 Å². The van der Waals surface area contributed by atoms with Crippen LogP contribution >= 0.6 is 0 Å². The Labute approximate surface area is 215 Å². The molecule has 2 aliphatic heterocycles. The Morgan fingerprint density at radius 2 is 1.49 bits per heavy atom. The van der Waals surface area contributed by atoms with Crippen LogP contribution in [0.15, 0.2) is 71.7 Å². The molecule has 2 aliphatic rings. The molecule has 0 saturated heterocycles. The Kier molecular flexibility index (Phi) is 5.74. The molecule has 3 aromatic carbocycles. The van der Waals surface area contributed by atoms with Gasteiger partial charge in [-0.2, -0.15) is 0 Å². The zero-order chi connectivity index (χ0) is 26.5. The minimum atomic E-state index is -0.619. The summed E-state index contributed by atoms with van der Waals surface area (Å²) in [7, 11) is 2.52. The topological polar surface area (TPSA) is 85.3 Å². The van der Waals surface area contributed by atoms with Crippen molar-refractivity contribution in [1.82, 2.24) is 0 Å². The monoisotopic (exact) mass is 496 g/mol. The smallest absolute Gasteiger partial charge is 0.337 e. The molecule has 0 bridgehead atoms. The molecule has 37 heavy (non-hydrogen) atoms. The minimum absolute atomic E-state index is 0.141. The highest BCUT2D eigenvalue weighted by Gasteiger charge is 2.53. The number of rotatable bonds is 4. The molecule has 7 heteroatoms. The Bertz CT molecular complexity index is 1440. The first-order valence-electron chi connectivity index (χ1n) is 12.0. The predicted molar refractivity (Wildman–Crippen MR) is 141 cm³/mol. The maximum Gasteiger partial charge on any atom is 0.337 e. The second-order valence-corrected chi connectivity index (χ2v) is 10.2. The summed E-state index contributed by atoms with van der Waals surface area (Å²) in [6.45, 7) is 6.36.